The van der Waals surface area contributed by atoms with Crippen LogP contribution in [0.2, 0.25) is 0 Å². The molecule has 3 heteroatoms. The van der Waals surface area contributed by atoms with Crippen LogP contribution in [0.4, 0.5) is 0 Å². The van der Waals surface area contributed by atoms with Crippen molar-refractivity contribution >= 4 is 5.91 Å². The fourth-order valence-corrected chi connectivity index (χ4v) is 3.60. The van der Waals surface area contributed by atoms with E-state index in [4.69, 9.17) is 10.5 Å². The van der Waals surface area contributed by atoms with Gasteiger partial charge in [-0.2, -0.15) is 0 Å². The zero-order valence-electron chi connectivity index (χ0n) is 13.3. The molecule has 3 nitrogen and oxygen atoms in total. The van der Waals surface area contributed by atoms with Crippen molar-refractivity contribution in [3.63, 3.8) is 0 Å². The van der Waals surface area contributed by atoms with E-state index >= 15 is 0 Å². The summed E-state index contributed by atoms with van der Waals surface area (Å²) < 4.78 is 5.83. The molecule has 0 spiro atoms. The van der Waals surface area contributed by atoms with Crippen LogP contribution in [0.5, 0.6) is 5.75 Å². The second-order valence-electron chi connectivity index (χ2n) is 6.43. The Morgan fingerprint density at radius 3 is 2.26 bits per heavy atom. The van der Waals surface area contributed by atoms with Crippen LogP contribution in [0, 0.1) is 0 Å². The molecule has 0 unspecified atom stereocenters. The van der Waals surface area contributed by atoms with Crippen LogP contribution in [0.15, 0.2) is 54.6 Å². The molecule has 1 aliphatic rings. The Labute approximate surface area is 137 Å². The van der Waals surface area contributed by atoms with Crippen molar-refractivity contribution < 1.29 is 9.53 Å². The van der Waals surface area contributed by atoms with Gasteiger partial charge in [-0.1, -0.05) is 55.3 Å². The first kappa shape index (κ1) is 15.6. The number of rotatable bonds is 6. The molecule has 0 bridgehead atoms. The van der Waals surface area contributed by atoms with Crippen molar-refractivity contribution in [2.24, 2.45) is 5.73 Å². The third-order valence-electron chi connectivity index (χ3n) is 4.79. The molecule has 2 aromatic carbocycles. The quantitative estimate of drug-likeness (QED) is 0.878. The second-order valence-corrected chi connectivity index (χ2v) is 6.43. The van der Waals surface area contributed by atoms with Gasteiger partial charge in [0.15, 0.2) is 0 Å². The molecule has 2 N–H and O–H groups in total. The van der Waals surface area contributed by atoms with Crippen LogP contribution < -0.4 is 10.5 Å². The van der Waals surface area contributed by atoms with Crippen molar-refractivity contribution in [3.05, 3.63) is 65.7 Å². The van der Waals surface area contributed by atoms with Crippen molar-refractivity contribution in [1.82, 2.24) is 0 Å². The van der Waals surface area contributed by atoms with Gasteiger partial charge in [0, 0.05) is 11.8 Å². The molecule has 0 atom stereocenters. The molecule has 1 aliphatic carbocycles. The average Bonchev–Trinajstić information content (AvgIpc) is 3.03. The Balaban J connectivity index is 1.69. The number of nitrogens with two attached hydrogens (primary N) is 1. The summed E-state index contributed by atoms with van der Waals surface area (Å²) >= 11 is 0. The Hall–Kier alpha value is -2.29. The maximum Gasteiger partial charge on any atom is 0.218 e. The minimum atomic E-state index is -0.212. The van der Waals surface area contributed by atoms with Gasteiger partial charge in [0.2, 0.25) is 5.91 Å². The normalized spacial score (nSPS) is 16.2. The number of carbonyl (C=O) groups excluding carboxylic acids is 1. The molecular formula is C20H23NO2. The molecule has 0 aromatic heterocycles. The van der Waals surface area contributed by atoms with Gasteiger partial charge in [-0.3, -0.25) is 4.79 Å². The Morgan fingerprint density at radius 1 is 1.00 bits per heavy atom. The first-order chi connectivity index (χ1) is 11.2. The molecule has 0 saturated heterocycles. The van der Waals surface area contributed by atoms with Gasteiger partial charge in [0.1, 0.15) is 12.4 Å². The smallest absolute Gasteiger partial charge is 0.218 e. The largest absolute Gasteiger partial charge is 0.489 e. The van der Waals surface area contributed by atoms with E-state index in [1.807, 2.05) is 30.3 Å². The molecule has 1 fully saturated rings. The Kier molecular flexibility index (Phi) is 4.65. The monoisotopic (exact) mass is 309 g/mol. The predicted molar refractivity (Wildman–Crippen MR) is 91.2 cm³/mol. The summed E-state index contributed by atoms with van der Waals surface area (Å²) in [6.07, 6.45) is 4.86. The number of hydrogen-bond donors (Lipinski definition) is 1. The van der Waals surface area contributed by atoms with E-state index in [0.29, 0.717) is 13.0 Å². The highest BCUT2D eigenvalue weighted by Crippen LogP contribution is 2.44. The third kappa shape index (κ3) is 3.73. The maximum atomic E-state index is 11.5. The van der Waals surface area contributed by atoms with Gasteiger partial charge in [0.25, 0.3) is 0 Å². The molecule has 3 rings (SSSR count). The van der Waals surface area contributed by atoms with Crippen LogP contribution in [-0.2, 0) is 16.8 Å². The van der Waals surface area contributed by atoms with Crippen molar-refractivity contribution in [2.45, 2.75) is 44.1 Å². The number of carbonyl (C=O) groups is 1. The van der Waals surface area contributed by atoms with Crippen molar-refractivity contribution in [2.75, 3.05) is 0 Å². The number of amides is 1. The van der Waals surface area contributed by atoms with E-state index in [2.05, 4.69) is 24.3 Å². The first-order valence-electron chi connectivity index (χ1n) is 8.24. The van der Waals surface area contributed by atoms with Crippen molar-refractivity contribution in [3.8, 4) is 5.75 Å². The molecule has 2 aromatic rings. The van der Waals surface area contributed by atoms with Gasteiger partial charge in [-0.05, 0) is 36.1 Å². The fraction of sp³-hybridized carbons (Fsp3) is 0.350. The van der Waals surface area contributed by atoms with Crippen LogP contribution in [0.25, 0.3) is 0 Å². The average molecular weight is 309 g/mol. The summed E-state index contributed by atoms with van der Waals surface area (Å²) in [5.41, 5.74) is 7.77. The summed E-state index contributed by atoms with van der Waals surface area (Å²) in [6.45, 7) is 0.562. The molecule has 120 valence electrons. The highest BCUT2D eigenvalue weighted by molar-refractivity contribution is 5.75. The van der Waals surface area contributed by atoms with Crippen LogP contribution in [0.1, 0.15) is 43.2 Å². The van der Waals surface area contributed by atoms with E-state index in [1.54, 1.807) is 0 Å². The lowest BCUT2D eigenvalue weighted by Crippen LogP contribution is -2.29. The SMILES string of the molecule is NC(=O)CC1(c2ccc(OCc3ccccc3)cc2)CCCC1. The summed E-state index contributed by atoms with van der Waals surface area (Å²) in [6, 6.07) is 18.3. The fourth-order valence-electron chi connectivity index (χ4n) is 3.60. The van der Waals surface area contributed by atoms with Crippen LogP contribution in [0.3, 0.4) is 0 Å². The Morgan fingerprint density at radius 2 is 1.65 bits per heavy atom. The Bertz CT molecular complexity index is 643. The number of primary amides is 1. The second kappa shape index (κ2) is 6.86. The van der Waals surface area contributed by atoms with Gasteiger partial charge >= 0.3 is 0 Å². The minimum Gasteiger partial charge on any atom is -0.489 e. The molecule has 0 heterocycles. The summed E-state index contributed by atoms with van der Waals surface area (Å²) in [7, 11) is 0. The minimum absolute atomic E-state index is 0.0657. The first-order valence-corrected chi connectivity index (χ1v) is 8.24. The van der Waals surface area contributed by atoms with Gasteiger partial charge in [-0.15, -0.1) is 0 Å². The maximum absolute atomic E-state index is 11.5. The van der Waals surface area contributed by atoms with Gasteiger partial charge < -0.3 is 10.5 Å². The van der Waals surface area contributed by atoms with Crippen LogP contribution in [-0.4, -0.2) is 5.91 Å². The van der Waals surface area contributed by atoms with E-state index in [9.17, 15) is 4.79 Å². The van der Waals surface area contributed by atoms with Crippen LogP contribution >= 0.6 is 0 Å². The van der Waals surface area contributed by atoms with E-state index in [-0.39, 0.29) is 11.3 Å². The highest BCUT2D eigenvalue weighted by Gasteiger charge is 2.36. The van der Waals surface area contributed by atoms with Gasteiger partial charge in [-0.25, -0.2) is 0 Å². The lowest BCUT2D eigenvalue weighted by atomic mass is 9.76. The zero-order chi connectivity index (χ0) is 16.1. The highest BCUT2D eigenvalue weighted by atomic mass is 16.5. The standard InChI is InChI=1S/C20H23NO2/c21-19(22)14-20(12-4-5-13-20)17-8-10-18(11-9-17)23-15-16-6-2-1-3-7-16/h1-3,6-11H,4-5,12-15H2,(H2,21,22). The molecule has 0 aliphatic heterocycles. The van der Waals surface area contributed by atoms with Crippen molar-refractivity contribution in [1.29, 1.82) is 0 Å². The predicted octanol–water partition coefficient (Wildman–Crippen LogP) is 3.95. The summed E-state index contributed by atoms with van der Waals surface area (Å²) in [5.74, 6) is 0.640. The van der Waals surface area contributed by atoms with E-state index in [1.165, 1.54) is 18.4 Å². The molecule has 1 amide bonds. The number of ether oxygens (including phenoxy) is 1. The summed E-state index contributed by atoms with van der Waals surface area (Å²) in [4.78, 5) is 11.5. The number of hydrogen-bond acceptors (Lipinski definition) is 2. The molecular weight excluding hydrogens is 286 g/mol. The van der Waals surface area contributed by atoms with E-state index < -0.39 is 0 Å². The molecule has 0 radical (unpaired) electrons. The van der Waals surface area contributed by atoms with Gasteiger partial charge in [0.05, 0.1) is 0 Å². The van der Waals surface area contributed by atoms with E-state index in [0.717, 1.165) is 24.2 Å². The molecule has 1 saturated carbocycles. The lowest BCUT2D eigenvalue weighted by molar-refractivity contribution is -0.119. The molecule has 23 heavy (non-hydrogen) atoms. The lowest BCUT2D eigenvalue weighted by Gasteiger charge is -2.28. The number of benzene rings is 2. The zero-order valence-corrected chi connectivity index (χ0v) is 13.3. The third-order valence-corrected chi connectivity index (χ3v) is 4.79. The topological polar surface area (TPSA) is 52.3 Å². The summed E-state index contributed by atoms with van der Waals surface area (Å²) in [5, 5.41) is 0.